The Balaban J connectivity index is 1.51. The van der Waals surface area contributed by atoms with Crippen LogP contribution in [-0.4, -0.2) is 39.9 Å². The molecule has 6 rings (SSSR count). The zero-order chi connectivity index (χ0) is 22.9. The molecule has 6 heteroatoms. The van der Waals surface area contributed by atoms with Crippen LogP contribution in [-0.2, 0) is 14.3 Å². The fraction of sp³-hybridized carbons (Fsp3) is 0.407. The summed E-state index contributed by atoms with van der Waals surface area (Å²) in [6.45, 7) is 1.93. The number of hydrogen-bond acceptors (Lipinski definition) is 5. The quantitative estimate of drug-likeness (QED) is 0.521. The van der Waals surface area contributed by atoms with E-state index in [1.807, 2.05) is 31.2 Å². The maximum atomic E-state index is 13.9. The van der Waals surface area contributed by atoms with Crippen molar-refractivity contribution in [3.8, 4) is 0 Å². The molecule has 2 aliphatic heterocycles. The average Bonchev–Trinajstić information content (AvgIpc) is 3.40. The lowest BCUT2D eigenvalue weighted by molar-refractivity contribution is -0.148. The highest BCUT2D eigenvalue weighted by Gasteiger charge is 2.75. The van der Waals surface area contributed by atoms with Crippen molar-refractivity contribution < 1.29 is 23.9 Å². The van der Waals surface area contributed by atoms with Crippen LogP contribution in [0.1, 0.15) is 70.1 Å². The molecule has 2 aromatic rings. The standard InChI is InChI=1S/C27H25NO5/c1-15-8-7-9-16(14-15)22-20-21(26(32)28(25(20)31)17-10-3-2-4-11-17)27(33-22)23(29)18-12-5-6-13-19(18)24(27)30/h5-9,12-14,17,20-22H,2-4,10-11H2,1H3/t20-,21-,22-/m0/s1. The summed E-state index contributed by atoms with van der Waals surface area (Å²) >= 11 is 0. The fourth-order valence-electron chi connectivity index (χ4n) is 6.39. The van der Waals surface area contributed by atoms with Crippen molar-refractivity contribution in [1.82, 2.24) is 4.90 Å². The molecule has 2 aromatic carbocycles. The molecule has 4 aliphatic rings. The van der Waals surface area contributed by atoms with Gasteiger partial charge in [-0.1, -0.05) is 73.4 Å². The molecule has 3 fully saturated rings. The summed E-state index contributed by atoms with van der Waals surface area (Å²) in [5.74, 6) is -3.76. The largest absolute Gasteiger partial charge is 0.349 e. The first-order valence-electron chi connectivity index (χ1n) is 11.7. The van der Waals surface area contributed by atoms with Crippen molar-refractivity contribution >= 4 is 23.4 Å². The molecule has 0 unspecified atom stereocenters. The van der Waals surface area contributed by atoms with Crippen molar-refractivity contribution in [3.63, 3.8) is 0 Å². The van der Waals surface area contributed by atoms with Gasteiger partial charge in [-0.15, -0.1) is 0 Å². The summed E-state index contributed by atoms with van der Waals surface area (Å²) < 4.78 is 6.33. The topological polar surface area (TPSA) is 80.8 Å². The summed E-state index contributed by atoms with van der Waals surface area (Å²) in [4.78, 5) is 56.5. The second kappa shape index (κ2) is 7.19. The van der Waals surface area contributed by atoms with Crippen molar-refractivity contribution in [2.75, 3.05) is 0 Å². The van der Waals surface area contributed by atoms with Gasteiger partial charge in [-0.3, -0.25) is 24.1 Å². The highest BCUT2D eigenvalue weighted by molar-refractivity contribution is 6.35. The van der Waals surface area contributed by atoms with E-state index in [2.05, 4.69) is 0 Å². The van der Waals surface area contributed by atoms with Crippen LogP contribution in [0.15, 0.2) is 48.5 Å². The van der Waals surface area contributed by atoms with Crippen LogP contribution < -0.4 is 0 Å². The Hall–Kier alpha value is -3.12. The van der Waals surface area contributed by atoms with Crippen molar-refractivity contribution in [3.05, 3.63) is 70.8 Å². The van der Waals surface area contributed by atoms with Gasteiger partial charge in [-0.25, -0.2) is 0 Å². The number of nitrogens with zero attached hydrogens (tertiary/aromatic N) is 1. The summed E-state index contributed by atoms with van der Waals surface area (Å²) in [6.07, 6.45) is 3.71. The number of rotatable bonds is 2. The lowest BCUT2D eigenvalue weighted by Crippen LogP contribution is -2.52. The third kappa shape index (κ3) is 2.64. The Bertz CT molecular complexity index is 1180. The van der Waals surface area contributed by atoms with E-state index < -0.39 is 41.0 Å². The molecule has 6 nitrogen and oxygen atoms in total. The Morgan fingerprint density at radius 2 is 1.52 bits per heavy atom. The number of carbonyl (C=O) groups excluding carboxylic acids is 4. The monoisotopic (exact) mass is 443 g/mol. The third-order valence-corrected chi connectivity index (χ3v) is 7.86. The summed E-state index contributed by atoms with van der Waals surface area (Å²) in [7, 11) is 0. The van der Waals surface area contributed by atoms with Gasteiger partial charge in [0.25, 0.3) is 0 Å². The average molecular weight is 443 g/mol. The zero-order valence-electron chi connectivity index (χ0n) is 18.5. The number of ether oxygens (including phenoxy) is 1. The molecule has 0 radical (unpaired) electrons. The van der Waals surface area contributed by atoms with E-state index in [9.17, 15) is 19.2 Å². The normalized spacial score (nSPS) is 28.6. The second-order valence-electron chi connectivity index (χ2n) is 9.73. The van der Waals surface area contributed by atoms with Gasteiger partial charge in [0, 0.05) is 17.2 Å². The van der Waals surface area contributed by atoms with E-state index in [-0.39, 0.29) is 23.1 Å². The minimum Gasteiger partial charge on any atom is -0.349 e. The van der Waals surface area contributed by atoms with Crippen LogP contribution in [0.5, 0.6) is 0 Å². The molecule has 1 spiro atoms. The van der Waals surface area contributed by atoms with Crippen LogP contribution in [0.25, 0.3) is 0 Å². The van der Waals surface area contributed by atoms with Crippen LogP contribution in [0, 0.1) is 18.8 Å². The predicted molar refractivity (Wildman–Crippen MR) is 119 cm³/mol. The molecular formula is C27H25NO5. The molecule has 2 amide bonds. The lowest BCUT2D eigenvalue weighted by atomic mass is 9.77. The van der Waals surface area contributed by atoms with Crippen molar-refractivity contribution in [2.45, 2.75) is 56.8 Å². The van der Waals surface area contributed by atoms with Gasteiger partial charge >= 0.3 is 0 Å². The molecule has 33 heavy (non-hydrogen) atoms. The van der Waals surface area contributed by atoms with Crippen molar-refractivity contribution in [1.29, 1.82) is 0 Å². The maximum Gasteiger partial charge on any atom is 0.237 e. The molecule has 2 aliphatic carbocycles. The van der Waals surface area contributed by atoms with Crippen LogP contribution >= 0.6 is 0 Å². The van der Waals surface area contributed by atoms with E-state index in [4.69, 9.17) is 4.74 Å². The number of aryl methyl sites for hydroxylation is 1. The van der Waals surface area contributed by atoms with Crippen LogP contribution in [0.4, 0.5) is 0 Å². The number of Topliss-reactive ketones (excluding diaryl/α,β-unsaturated/α-hetero) is 2. The van der Waals surface area contributed by atoms with E-state index in [0.717, 1.165) is 37.7 Å². The zero-order valence-corrected chi connectivity index (χ0v) is 18.5. The lowest BCUT2D eigenvalue weighted by Gasteiger charge is -2.33. The molecule has 168 valence electrons. The van der Waals surface area contributed by atoms with Crippen LogP contribution in [0.2, 0.25) is 0 Å². The Morgan fingerprint density at radius 3 is 2.15 bits per heavy atom. The number of fused-ring (bicyclic) bond motifs is 3. The Morgan fingerprint density at radius 1 is 0.848 bits per heavy atom. The molecule has 0 aromatic heterocycles. The van der Waals surface area contributed by atoms with E-state index >= 15 is 0 Å². The first-order chi connectivity index (χ1) is 15.9. The molecule has 1 saturated carbocycles. The SMILES string of the molecule is Cc1cccc([C@@H]2OC3(C(=O)c4ccccc4C3=O)[C@@H]3C(=O)N(C4CCCCC4)C(=O)[C@@H]32)c1. The molecular weight excluding hydrogens is 418 g/mol. The number of carbonyl (C=O) groups is 4. The Labute approximate surface area is 191 Å². The minimum atomic E-state index is -1.97. The Kier molecular flexibility index (Phi) is 4.46. The van der Waals surface area contributed by atoms with Gasteiger partial charge in [0.15, 0.2) is 0 Å². The minimum absolute atomic E-state index is 0.173. The first kappa shape index (κ1) is 20.5. The van der Waals surface area contributed by atoms with Gasteiger partial charge < -0.3 is 4.74 Å². The molecule has 0 N–H and O–H groups in total. The van der Waals surface area contributed by atoms with E-state index in [0.29, 0.717) is 5.56 Å². The summed E-state index contributed by atoms with van der Waals surface area (Å²) in [6, 6.07) is 14.0. The smallest absolute Gasteiger partial charge is 0.237 e. The molecule has 3 atom stereocenters. The number of benzene rings is 2. The molecule has 2 saturated heterocycles. The van der Waals surface area contributed by atoms with Crippen molar-refractivity contribution in [2.24, 2.45) is 11.8 Å². The second-order valence-corrected chi connectivity index (χ2v) is 9.73. The van der Waals surface area contributed by atoms with Crippen LogP contribution in [0.3, 0.4) is 0 Å². The fourth-order valence-corrected chi connectivity index (χ4v) is 6.39. The third-order valence-electron chi connectivity index (χ3n) is 7.86. The van der Waals surface area contributed by atoms with Gasteiger partial charge in [0.2, 0.25) is 29.0 Å². The summed E-state index contributed by atoms with van der Waals surface area (Å²) in [5.41, 5.74) is 0.246. The molecule has 2 heterocycles. The first-order valence-corrected chi connectivity index (χ1v) is 11.7. The number of hydrogen-bond donors (Lipinski definition) is 0. The van der Waals surface area contributed by atoms with Gasteiger partial charge in [0.05, 0.1) is 17.9 Å². The van der Waals surface area contributed by atoms with Gasteiger partial charge in [-0.05, 0) is 25.3 Å². The molecule has 0 bridgehead atoms. The highest BCUT2D eigenvalue weighted by Crippen LogP contribution is 2.57. The highest BCUT2D eigenvalue weighted by atomic mass is 16.5. The number of ketones is 2. The van der Waals surface area contributed by atoms with E-state index in [1.54, 1.807) is 24.3 Å². The number of imide groups is 1. The number of amides is 2. The van der Waals surface area contributed by atoms with E-state index in [1.165, 1.54) is 4.90 Å². The van der Waals surface area contributed by atoms with Gasteiger partial charge in [-0.2, -0.15) is 0 Å². The predicted octanol–water partition coefficient (Wildman–Crippen LogP) is 3.82. The summed E-state index contributed by atoms with van der Waals surface area (Å²) in [5, 5.41) is 0. The number of likely N-dealkylation sites (tertiary alicyclic amines) is 1. The van der Waals surface area contributed by atoms with Gasteiger partial charge in [0.1, 0.15) is 0 Å². The maximum absolute atomic E-state index is 13.9.